The highest BCUT2D eigenvalue weighted by molar-refractivity contribution is 5.98. The van der Waals surface area contributed by atoms with Crippen molar-refractivity contribution in [3.63, 3.8) is 0 Å². The fourth-order valence-electron chi connectivity index (χ4n) is 4.29. The number of nitrogens with one attached hydrogen (secondary N) is 1. The van der Waals surface area contributed by atoms with E-state index in [2.05, 4.69) is 11.0 Å². The Labute approximate surface area is 184 Å². The van der Waals surface area contributed by atoms with Gasteiger partial charge in [0.25, 0.3) is 0 Å². The molecule has 0 amide bonds. The second kappa shape index (κ2) is 10.5. The standard InChI is InChI=1S/C24H33N3O4/c1-5-31-23-9-7-6-8-21(23)26-14-12-25(13-15-26)17-22(28)20-16-18(2)27(19(20)3)11-10-24(29)30-4/h6-9,16H,5,10-15,17H2,1-4H3/p+1. The van der Waals surface area contributed by atoms with Crippen LogP contribution in [0.2, 0.25) is 0 Å². The Kier molecular flexibility index (Phi) is 7.74. The molecule has 1 aromatic carbocycles. The Balaban J connectivity index is 1.59. The number of nitrogens with zero attached hydrogens (tertiary/aromatic N) is 2. The molecule has 0 spiro atoms. The van der Waals surface area contributed by atoms with Gasteiger partial charge in [-0.05, 0) is 39.0 Å². The number of aromatic nitrogens is 1. The van der Waals surface area contributed by atoms with E-state index in [0.717, 1.165) is 54.6 Å². The number of quaternary nitrogens is 1. The molecule has 7 heteroatoms. The van der Waals surface area contributed by atoms with Gasteiger partial charge in [-0.3, -0.25) is 9.59 Å². The number of methoxy groups -OCH3 is 1. The van der Waals surface area contributed by atoms with Crippen LogP contribution < -0.4 is 14.5 Å². The first-order valence-electron chi connectivity index (χ1n) is 11.0. The number of ketones is 1. The summed E-state index contributed by atoms with van der Waals surface area (Å²) in [5.41, 5.74) is 3.81. The zero-order valence-electron chi connectivity index (χ0n) is 19.1. The first-order valence-corrected chi connectivity index (χ1v) is 11.0. The number of hydrogen-bond acceptors (Lipinski definition) is 5. The highest BCUT2D eigenvalue weighted by Crippen LogP contribution is 2.27. The predicted octanol–water partition coefficient (Wildman–Crippen LogP) is 1.65. The molecule has 0 atom stereocenters. The molecule has 1 saturated heterocycles. The number of ether oxygens (including phenoxy) is 2. The molecule has 0 saturated carbocycles. The molecule has 0 aliphatic carbocycles. The number of benzene rings is 1. The van der Waals surface area contributed by atoms with Gasteiger partial charge in [0, 0.05) is 23.5 Å². The highest BCUT2D eigenvalue weighted by atomic mass is 16.5. The quantitative estimate of drug-likeness (QED) is 0.486. The molecule has 168 valence electrons. The van der Waals surface area contributed by atoms with Crippen molar-refractivity contribution in [2.75, 3.05) is 51.3 Å². The lowest BCUT2D eigenvalue weighted by Gasteiger charge is -2.34. The second-order valence-corrected chi connectivity index (χ2v) is 8.00. The molecule has 1 N–H and O–H groups in total. The van der Waals surface area contributed by atoms with Crippen LogP contribution in [0.4, 0.5) is 5.69 Å². The van der Waals surface area contributed by atoms with Crippen LogP contribution in [0.3, 0.4) is 0 Å². The smallest absolute Gasteiger partial charge is 0.307 e. The van der Waals surface area contributed by atoms with Gasteiger partial charge in [0.2, 0.25) is 5.78 Å². The van der Waals surface area contributed by atoms with Gasteiger partial charge in [0.15, 0.2) is 0 Å². The summed E-state index contributed by atoms with van der Waals surface area (Å²) in [6.07, 6.45) is 0.302. The third-order valence-corrected chi connectivity index (χ3v) is 6.03. The number of esters is 1. The summed E-state index contributed by atoms with van der Waals surface area (Å²) in [6, 6.07) is 10.1. The molecule has 1 fully saturated rings. The van der Waals surface area contributed by atoms with Crippen LogP contribution >= 0.6 is 0 Å². The SMILES string of the molecule is CCOc1ccccc1N1CC[NH+](CC(=O)c2cc(C)n(CCC(=O)OC)c2C)CC1. The van der Waals surface area contributed by atoms with Gasteiger partial charge < -0.3 is 23.8 Å². The van der Waals surface area contributed by atoms with E-state index in [9.17, 15) is 9.59 Å². The molecule has 1 aliphatic rings. The number of carbonyl (C=O) groups is 2. The number of rotatable bonds is 9. The van der Waals surface area contributed by atoms with Crippen molar-refractivity contribution in [2.24, 2.45) is 0 Å². The molecule has 7 nitrogen and oxygen atoms in total. The average Bonchev–Trinajstić information content (AvgIpc) is 3.06. The molecular formula is C24H34N3O4+. The van der Waals surface area contributed by atoms with Gasteiger partial charge in [-0.25, -0.2) is 0 Å². The molecule has 2 aromatic rings. The fraction of sp³-hybridized carbons (Fsp3) is 0.500. The third-order valence-electron chi connectivity index (χ3n) is 6.03. The lowest BCUT2D eigenvalue weighted by molar-refractivity contribution is -0.892. The van der Waals surface area contributed by atoms with Crippen molar-refractivity contribution in [1.82, 2.24) is 4.57 Å². The Morgan fingerprint density at radius 3 is 2.52 bits per heavy atom. The van der Waals surface area contributed by atoms with Crippen molar-refractivity contribution in [1.29, 1.82) is 0 Å². The molecule has 1 aliphatic heterocycles. The summed E-state index contributed by atoms with van der Waals surface area (Å²) in [4.78, 5) is 28.2. The van der Waals surface area contributed by atoms with Crippen LogP contribution in [0.15, 0.2) is 30.3 Å². The maximum absolute atomic E-state index is 13.0. The number of hydrogen-bond donors (Lipinski definition) is 1. The van der Waals surface area contributed by atoms with Crippen molar-refractivity contribution in [3.05, 3.63) is 47.3 Å². The first-order chi connectivity index (χ1) is 14.9. The van der Waals surface area contributed by atoms with E-state index >= 15 is 0 Å². The number of carbonyl (C=O) groups excluding carboxylic acids is 2. The minimum absolute atomic E-state index is 0.163. The van der Waals surface area contributed by atoms with Gasteiger partial charge in [0.05, 0.1) is 52.0 Å². The fourth-order valence-corrected chi connectivity index (χ4v) is 4.29. The molecule has 1 aromatic heterocycles. The molecule has 31 heavy (non-hydrogen) atoms. The lowest BCUT2D eigenvalue weighted by atomic mass is 10.1. The highest BCUT2D eigenvalue weighted by Gasteiger charge is 2.26. The third kappa shape index (κ3) is 5.47. The van der Waals surface area contributed by atoms with Crippen LogP contribution in [0.1, 0.15) is 35.1 Å². The monoisotopic (exact) mass is 428 g/mol. The Hall–Kier alpha value is -2.80. The first kappa shape index (κ1) is 22.9. The minimum Gasteiger partial charge on any atom is -0.492 e. The van der Waals surface area contributed by atoms with E-state index in [4.69, 9.17) is 9.47 Å². The minimum atomic E-state index is -0.242. The van der Waals surface area contributed by atoms with Crippen LogP contribution in [-0.4, -0.2) is 62.8 Å². The maximum atomic E-state index is 13.0. The van der Waals surface area contributed by atoms with Crippen molar-refractivity contribution in [2.45, 2.75) is 33.7 Å². The molecule has 0 bridgehead atoms. The normalized spacial score (nSPS) is 14.5. The topological polar surface area (TPSA) is 65.2 Å². The van der Waals surface area contributed by atoms with Crippen molar-refractivity contribution in [3.8, 4) is 5.75 Å². The predicted molar refractivity (Wildman–Crippen MR) is 120 cm³/mol. The summed E-state index contributed by atoms with van der Waals surface area (Å²) in [7, 11) is 1.39. The Morgan fingerprint density at radius 1 is 1.13 bits per heavy atom. The van der Waals surface area contributed by atoms with Gasteiger partial charge in [-0.2, -0.15) is 0 Å². The summed E-state index contributed by atoms with van der Waals surface area (Å²) < 4.78 is 12.5. The summed E-state index contributed by atoms with van der Waals surface area (Å²) in [5.74, 6) is 0.841. The van der Waals surface area contributed by atoms with E-state index in [-0.39, 0.29) is 11.8 Å². The van der Waals surface area contributed by atoms with E-state index in [1.54, 1.807) is 0 Å². The number of piperazine rings is 1. The maximum Gasteiger partial charge on any atom is 0.307 e. The average molecular weight is 429 g/mol. The second-order valence-electron chi connectivity index (χ2n) is 8.00. The largest absolute Gasteiger partial charge is 0.492 e. The van der Waals surface area contributed by atoms with Crippen LogP contribution in [0.5, 0.6) is 5.75 Å². The van der Waals surface area contributed by atoms with Crippen LogP contribution in [0.25, 0.3) is 0 Å². The number of Topliss-reactive ketones (excluding diaryl/α,β-unsaturated/α-hetero) is 1. The zero-order chi connectivity index (χ0) is 22.4. The summed E-state index contributed by atoms with van der Waals surface area (Å²) in [5, 5.41) is 0. The van der Waals surface area contributed by atoms with E-state index in [1.807, 2.05) is 49.6 Å². The Bertz CT molecular complexity index is 914. The summed E-state index contributed by atoms with van der Waals surface area (Å²) in [6.45, 7) is 11.2. The van der Waals surface area contributed by atoms with E-state index in [1.165, 1.54) is 12.0 Å². The number of anilines is 1. The van der Waals surface area contributed by atoms with E-state index in [0.29, 0.717) is 26.1 Å². The van der Waals surface area contributed by atoms with E-state index < -0.39 is 0 Å². The molecule has 0 unspecified atom stereocenters. The van der Waals surface area contributed by atoms with Gasteiger partial charge in [-0.1, -0.05) is 12.1 Å². The summed E-state index contributed by atoms with van der Waals surface area (Å²) >= 11 is 0. The van der Waals surface area contributed by atoms with Gasteiger partial charge in [-0.15, -0.1) is 0 Å². The van der Waals surface area contributed by atoms with Gasteiger partial charge in [0.1, 0.15) is 12.3 Å². The van der Waals surface area contributed by atoms with Crippen LogP contribution in [-0.2, 0) is 16.1 Å². The Morgan fingerprint density at radius 2 is 1.84 bits per heavy atom. The number of aryl methyl sites for hydroxylation is 1. The molecule has 2 heterocycles. The molecule has 0 radical (unpaired) electrons. The van der Waals surface area contributed by atoms with Crippen molar-refractivity contribution < 1.29 is 24.0 Å². The van der Waals surface area contributed by atoms with Gasteiger partial charge >= 0.3 is 5.97 Å². The molecule has 3 rings (SSSR count). The van der Waals surface area contributed by atoms with Crippen LogP contribution in [0, 0.1) is 13.8 Å². The lowest BCUT2D eigenvalue weighted by Crippen LogP contribution is -3.15. The number of para-hydroxylation sites is 2. The van der Waals surface area contributed by atoms with Crippen molar-refractivity contribution >= 4 is 17.4 Å². The molecular weight excluding hydrogens is 394 g/mol. The zero-order valence-corrected chi connectivity index (χ0v) is 19.1.